The van der Waals surface area contributed by atoms with Gasteiger partial charge in [0.2, 0.25) is 0 Å². The molecule has 1 aromatic carbocycles. The van der Waals surface area contributed by atoms with E-state index in [1.54, 1.807) is 7.11 Å². The molecule has 0 amide bonds. The van der Waals surface area contributed by atoms with Crippen LogP contribution in [-0.2, 0) is 4.74 Å². The molecular weight excluding hydrogens is 214 g/mol. The lowest BCUT2D eigenvalue weighted by Crippen LogP contribution is -2.23. The van der Waals surface area contributed by atoms with Crippen LogP contribution in [0.15, 0.2) is 36.1 Å². The van der Waals surface area contributed by atoms with Crippen molar-refractivity contribution in [2.75, 3.05) is 20.3 Å². The van der Waals surface area contributed by atoms with Crippen LogP contribution in [0.25, 0.3) is 0 Å². The smallest absolute Gasteiger partial charge is 0.119 e. The Hall–Kier alpha value is -1.48. The van der Waals surface area contributed by atoms with Crippen molar-refractivity contribution in [3.63, 3.8) is 0 Å². The summed E-state index contributed by atoms with van der Waals surface area (Å²) in [6.07, 6.45) is 3.16. The Kier molecular flexibility index (Phi) is 4.04. The zero-order chi connectivity index (χ0) is 12.1. The van der Waals surface area contributed by atoms with Gasteiger partial charge in [0.1, 0.15) is 11.5 Å². The number of nitrogens with one attached hydrogen (secondary N) is 1. The number of hydrogen-bond acceptors (Lipinski definition) is 3. The van der Waals surface area contributed by atoms with E-state index in [0.29, 0.717) is 0 Å². The molecule has 1 unspecified atom stereocenters. The van der Waals surface area contributed by atoms with Gasteiger partial charge in [-0.05, 0) is 30.3 Å². The van der Waals surface area contributed by atoms with Crippen LogP contribution in [0, 0.1) is 0 Å². The van der Waals surface area contributed by atoms with Gasteiger partial charge in [-0.1, -0.05) is 19.1 Å². The molecule has 1 aliphatic heterocycles. The molecule has 0 aliphatic carbocycles. The molecule has 0 aromatic heterocycles. The van der Waals surface area contributed by atoms with Crippen molar-refractivity contribution in [3.8, 4) is 5.75 Å². The summed E-state index contributed by atoms with van der Waals surface area (Å²) in [5.41, 5.74) is 1.18. The summed E-state index contributed by atoms with van der Waals surface area (Å²) in [4.78, 5) is 0. The van der Waals surface area contributed by atoms with Crippen molar-refractivity contribution in [3.05, 3.63) is 41.7 Å². The summed E-state index contributed by atoms with van der Waals surface area (Å²) < 4.78 is 10.9. The third kappa shape index (κ3) is 2.80. The van der Waals surface area contributed by atoms with Crippen molar-refractivity contribution in [2.45, 2.75) is 19.4 Å². The van der Waals surface area contributed by atoms with E-state index in [0.717, 1.165) is 31.1 Å². The lowest BCUT2D eigenvalue weighted by Gasteiger charge is -2.20. The van der Waals surface area contributed by atoms with Gasteiger partial charge in [0.15, 0.2) is 0 Å². The van der Waals surface area contributed by atoms with E-state index in [4.69, 9.17) is 9.47 Å². The minimum atomic E-state index is 0.137. The fourth-order valence-corrected chi connectivity index (χ4v) is 2.05. The molecule has 3 heteroatoms. The Morgan fingerprint density at radius 3 is 3.00 bits per heavy atom. The molecule has 92 valence electrons. The van der Waals surface area contributed by atoms with E-state index in [1.165, 1.54) is 5.56 Å². The zero-order valence-electron chi connectivity index (χ0n) is 10.4. The Labute approximate surface area is 102 Å². The van der Waals surface area contributed by atoms with Crippen LogP contribution in [0.3, 0.4) is 0 Å². The van der Waals surface area contributed by atoms with Gasteiger partial charge in [-0.25, -0.2) is 0 Å². The number of benzene rings is 1. The highest BCUT2D eigenvalue weighted by atomic mass is 16.5. The number of methoxy groups -OCH3 is 1. The van der Waals surface area contributed by atoms with E-state index in [2.05, 4.69) is 30.4 Å². The fourth-order valence-electron chi connectivity index (χ4n) is 2.05. The molecule has 0 radical (unpaired) electrons. The van der Waals surface area contributed by atoms with E-state index >= 15 is 0 Å². The fraction of sp³-hybridized carbons (Fsp3) is 0.429. The Morgan fingerprint density at radius 2 is 2.35 bits per heavy atom. The summed E-state index contributed by atoms with van der Waals surface area (Å²) in [5.74, 6) is 1.91. The lowest BCUT2D eigenvalue weighted by molar-refractivity contribution is 0.216. The topological polar surface area (TPSA) is 30.5 Å². The molecule has 1 aliphatic rings. The first-order valence-electron chi connectivity index (χ1n) is 6.05. The van der Waals surface area contributed by atoms with E-state index < -0.39 is 0 Å². The molecule has 1 heterocycles. The standard InChI is InChI=1S/C14H19NO2/c1-3-15-14(13-8-5-9-17-13)11-6-4-7-12(10-11)16-2/h4,6-8,10,14-15H,3,5,9H2,1-2H3. The van der Waals surface area contributed by atoms with Crippen LogP contribution >= 0.6 is 0 Å². The van der Waals surface area contributed by atoms with E-state index in [-0.39, 0.29) is 6.04 Å². The molecule has 2 rings (SSSR count). The molecular formula is C14H19NO2. The molecule has 1 N–H and O–H groups in total. The van der Waals surface area contributed by atoms with Crippen LogP contribution < -0.4 is 10.1 Å². The molecule has 0 bridgehead atoms. The van der Waals surface area contributed by atoms with Crippen molar-refractivity contribution in [1.29, 1.82) is 0 Å². The van der Waals surface area contributed by atoms with Crippen LogP contribution in [0.1, 0.15) is 24.9 Å². The second-order valence-corrected chi connectivity index (χ2v) is 4.01. The van der Waals surface area contributed by atoms with Gasteiger partial charge >= 0.3 is 0 Å². The van der Waals surface area contributed by atoms with Gasteiger partial charge in [-0.2, -0.15) is 0 Å². The van der Waals surface area contributed by atoms with Gasteiger partial charge in [0.25, 0.3) is 0 Å². The van der Waals surface area contributed by atoms with E-state index in [9.17, 15) is 0 Å². The summed E-state index contributed by atoms with van der Waals surface area (Å²) in [5, 5.41) is 3.44. The monoisotopic (exact) mass is 233 g/mol. The third-order valence-corrected chi connectivity index (χ3v) is 2.85. The first kappa shape index (κ1) is 12.0. The maximum atomic E-state index is 5.65. The molecule has 1 atom stereocenters. The van der Waals surface area contributed by atoms with Gasteiger partial charge in [0.05, 0.1) is 19.8 Å². The van der Waals surface area contributed by atoms with Gasteiger partial charge in [-0.3, -0.25) is 0 Å². The molecule has 0 spiro atoms. The highest BCUT2D eigenvalue weighted by Crippen LogP contribution is 2.28. The first-order valence-corrected chi connectivity index (χ1v) is 6.05. The highest BCUT2D eigenvalue weighted by Gasteiger charge is 2.20. The lowest BCUT2D eigenvalue weighted by atomic mass is 10.0. The SMILES string of the molecule is CCNC(C1=CCCO1)c1cccc(OC)c1. The average Bonchev–Trinajstić information content (AvgIpc) is 2.89. The Morgan fingerprint density at radius 1 is 1.47 bits per heavy atom. The van der Waals surface area contributed by atoms with E-state index in [1.807, 2.05) is 12.1 Å². The first-order chi connectivity index (χ1) is 8.35. The third-order valence-electron chi connectivity index (χ3n) is 2.85. The zero-order valence-corrected chi connectivity index (χ0v) is 10.4. The number of rotatable bonds is 5. The van der Waals surface area contributed by atoms with Crippen molar-refractivity contribution in [2.24, 2.45) is 0 Å². The van der Waals surface area contributed by atoms with Crippen LogP contribution in [0.5, 0.6) is 5.75 Å². The summed E-state index contributed by atoms with van der Waals surface area (Å²) in [7, 11) is 1.69. The Bertz CT molecular complexity index is 401. The quantitative estimate of drug-likeness (QED) is 0.848. The van der Waals surface area contributed by atoms with Crippen molar-refractivity contribution in [1.82, 2.24) is 5.32 Å². The number of hydrogen-bond donors (Lipinski definition) is 1. The minimum absolute atomic E-state index is 0.137. The molecule has 0 fully saturated rings. The van der Waals surface area contributed by atoms with Gasteiger partial charge in [0, 0.05) is 6.42 Å². The summed E-state index contributed by atoms with van der Waals surface area (Å²) in [6.45, 7) is 3.80. The molecule has 3 nitrogen and oxygen atoms in total. The van der Waals surface area contributed by atoms with Crippen molar-refractivity contribution >= 4 is 0 Å². The Balaban J connectivity index is 2.24. The van der Waals surface area contributed by atoms with Crippen LogP contribution in [-0.4, -0.2) is 20.3 Å². The largest absolute Gasteiger partial charge is 0.497 e. The molecule has 17 heavy (non-hydrogen) atoms. The second-order valence-electron chi connectivity index (χ2n) is 4.01. The molecule has 0 saturated carbocycles. The van der Waals surface area contributed by atoms with Crippen LogP contribution in [0.4, 0.5) is 0 Å². The predicted octanol–water partition coefficient (Wildman–Crippen LogP) is 2.65. The highest BCUT2D eigenvalue weighted by molar-refractivity contribution is 5.34. The van der Waals surface area contributed by atoms with Crippen molar-refractivity contribution < 1.29 is 9.47 Å². The minimum Gasteiger partial charge on any atom is -0.497 e. The number of likely N-dealkylation sites (N-methyl/N-ethyl adjacent to an activating group) is 1. The van der Waals surface area contributed by atoms with Gasteiger partial charge in [-0.15, -0.1) is 0 Å². The predicted molar refractivity (Wildman–Crippen MR) is 68.1 cm³/mol. The maximum absolute atomic E-state index is 5.65. The normalized spacial score (nSPS) is 16.2. The summed E-state index contributed by atoms with van der Waals surface area (Å²) in [6, 6.07) is 8.25. The molecule has 1 aromatic rings. The van der Waals surface area contributed by atoms with Crippen LogP contribution in [0.2, 0.25) is 0 Å². The maximum Gasteiger partial charge on any atom is 0.119 e. The summed E-state index contributed by atoms with van der Waals surface area (Å²) >= 11 is 0. The molecule has 0 saturated heterocycles. The van der Waals surface area contributed by atoms with Gasteiger partial charge < -0.3 is 14.8 Å². The average molecular weight is 233 g/mol. The number of ether oxygens (including phenoxy) is 2. The second kappa shape index (κ2) is 5.73.